The largest absolute Gasteiger partial charge is 0.479 e. The number of imidazole rings is 1. The van der Waals surface area contributed by atoms with Gasteiger partial charge in [0.1, 0.15) is 6.10 Å². The topological polar surface area (TPSA) is 180 Å². The summed E-state index contributed by atoms with van der Waals surface area (Å²) in [4.78, 5) is 39.4. The Morgan fingerprint density at radius 1 is 1.14 bits per heavy atom. The van der Waals surface area contributed by atoms with Crippen LogP contribution in [0.2, 0.25) is 5.28 Å². The smallest absolute Gasteiger partial charge is 0.348 e. The molecular formula is C28H34ClN5O8. The highest BCUT2D eigenvalue weighted by atomic mass is 35.5. The van der Waals surface area contributed by atoms with E-state index >= 15 is 0 Å². The van der Waals surface area contributed by atoms with E-state index in [1.165, 1.54) is 10.9 Å². The SMILES string of the molecule is C#C[C@@H](O)[C@@H](O[C@@H](CO)COC(Cc1ccccc1)(C(=O)O)C(=O)O)n1cnc2c(N(CCC)CCC)nc(Cl)nc21. The van der Waals surface area contributed by atoms with Gasteiger partial charge in [-0.3, -0.25) is 4.57 Å². The normalized spacial score (nSPS) is 13.8. The van der Waals surface area contributed by atoms with Gasteiger partial charge < -0.3 is 34.8 Å². The molecule has 0 amide bonds. The van der Waals surface area contributed by atoms with Crippen molar-refractivity contribution in [3.8, 4) is 12.3 Å². The van der Waals surface area contributed by atoms with Gasteiger partial charge in [0.25, 0.3) is 5.60 Å². The van der Waals surface area contributed by atoms with Crippen molar-refractivity contribution in [2.45, 2.75) is 57.1 Å². The van der Waals surface area contributed by atoms with E-state index in [9.17, 15) is 30.0 Å². The number of terminal acetylenes is 1. The molecule has 0 aliphatic heterocycles. The summed E-state index contributed by atoms with van der Waals surface area (Å²) < 4.78 is 12.7. The van der Waals surface area contributed by atoms with Gasteiger partial charge in [-0.05, 0) is 30.0 Å². The molecule has 2 aromatic heterocycles. The van der Waals surface area contributed by atoms with Crippen LogP contribution in [0.5, 0.6) is 0 Å². The fourth-order valence-electron chi connectivity index (χ4n) is 4.39. The van der Waals surface area contributed by atoms with Gasteiger partial charge in [0.15, 0.2) is 29.3 Å². The minimum absolute atomic E-state index is 0.0824. The number of anilines is 1. The van der Waals surface area contributed by atoms with Crippen LogP contribution in [0.25, 0.3) is 11.2 Å². The second-order valence-electron chi connectivity index (χ2n) is 9.48. The van der Waals surface area contributed by atoms with Crippen LogP contribution in [0.4, 0.5) is 5.82 Å². The lowest BCUT2D eigenvalue weighted by atomic mass is 9.94. The number of rotatable bonds is 17. The molecule has 0 saturated heterocycles. The maximum atomic E-state index is 12.2. The summed E-state index contributed by atoms with van der Waals surface area (Å²) in [5.74, 6) is -0.825. The number of fused-ring (bicyclic) bond motifs is 1. The summed E-state index contributed by atoms with van der Waals surface area (Å²) in [6.45, 7) is 3.99. The predicted octanol–water partition coefficient (Wildman–Crippen LogP) is 2.14. The first kappa shape index (κ1) is 32.7. The molecule has 13 nitrogen and oxygen atoms in total. The van der Waals surface area contributed by atoms with Crippen LogP contribution in [-0.4, -0.2) is 96.0 Å². The molecule has 0 bridgehead atoms. The van der Waals surface area contributed by atoms with Gasteiger partial charge in [-0.15, -0.1) is 6.42 Å². The first-order valence-electron chi connectivity index (χ1n) is 13.3. The molecule has 3 atom stereocenters. The fraction of sp³-hybridized carbons (Fsp3) is 0.464. The van der Waals surface area contributed by atoms with Crippen molar-refractivity contribution in [2.75, 3.05) is 31.2 Å². The zero-order valence-electron chi connectivity index (χ0n) is 23.3. The van der Waals surface area contributed by atoms with Gasteiger partial charge in [-0.1, -0.05) is 50.1 Å². The van der Waals surface area contributed by atoms with E-state index in [-0.39, 0.29) is 10.9 Å². The Labute approximate surface area is 247 Å². The molecule has 2 heterocycles. The molecule has 3 rings (SSSR count). The number of carboxylic acids is 2. The summed E-state index contributed by atoms with van der Waals surface area (Å²) >= 11 is 6.27. The van der Waals surface area contributed by atoms with Gasteiger partial charge in [0, 0.05) is 19.5 Å². The van der Waals surface area contributed by atoms with Crippen LogP contribution in [0.3, 0.4) is 0 Å². The number of hydrogen-bond donors (Lipinski definition) is 4. The first-order chi connectivity index (χ1) is 20.1. The number of halogens is 1. The van der Waals surface area contributed by atoms with Crippen LogP contribution >= 0.6 is 11.6 Å². The minimum Gasteiger partial charge on any atom is -0.479 e. The Morgan fingerprint density at radius 3 is 2.33 bits per heavy atom. The fourth-order valence-corrected chi connectivity index (χ4v) is 4.55. The van der Waals surface area contributed by atoms with Gasteiger partial charge in [-0.25, -0.2) is 14.6 Å². The number of aliphatic hydroxyl groups is 2. The van der Waals surface area contributed by atoms with E-state index in [1.54, 1.807) is 30.3 Å². The number of aromatic nitrogens is 4. The molecule has 14 heteroatoms. The number of carboxylic acid groups (broad SMARTS) is 2. The molecule has 0 saturated carbocycles. The van der Waals surface area contributed by atoms with Crippen LogP contribution in [-0.2, 0) is 25.5 Å². The summed E-state index contributed by atoms with van der Waals surface area (Å²) in [6.07, 6.45) is 3.69. The van der Waals surface area contributed by atoms with E-state index in [1.807, 2.05) is 18.7 Å². The highest BCUT2D eigenvalue weighted by Gasteiger charge is 2.49. The second-order valence-corrected chi connectivity index (χ2v) is 9.82. The van der Waals surface area contributed by atoms with Crippen LogP contribution < -0.4 is 4.90 Å². The van der Waals surface area contributed by atoms with Crippen molar-refractivity contribution in [2.24, 2.45) is 0 Å². The zero-order chi connectivity index (χ0) is 30.9. The Morgan fingerprint density at radius 2 is 1.79 bits per heavy atom. The van der Waals surface area contributed by atoms with Crippen LogP contribution in [0, 0.1) is 12.3 Å². The minimum atomic E-state index is -2.68. The van der Waals surface area contributed by atoms with E-state index in [0.29, 0.717) is 30.0 Å². The quantitative estimate of drug-likeness (QED) is 0.100. The molecule has 0 aliphatic carbocycles. The highest BCUT2D eigenvalue weighted by Crippen LogP contribution is 2.29. The molecule has 4 N–H and O–H groups in total. The first-order valence-corrected chi connectivity index (χ1v) is 13.7. The molecule has 226 valence electrons. The van der Waals surface area contributed by atoms with Gasteiger partial charge in [-0.2, -0.15) is 9.97 Å². The molecular weight excluding hydrogens is 570 g/mol. The predicted molar refractivity (Wildman–Crippen MR) is 153 cm³/mol. The van der Waals surface area contributed by atoms with E-state index in [2.05, 4.69) is 20.9 Å². The monoisotopic (exact) mass is 603 g/mol. The summed E-state index contributed by atoms with van der Waals surface area (Å²) in [5, 5.41) is 40.4. The Hall–Kier alpha value is -3.80. The highest BCUT2D eigenvalue weighted by molar-refractivity contribution is 6.28. The third kappa shape index (κ3) is 7.33. The molecule has 1 aromatic carbocycles. The summed E-state index contributed by atoms with van der Waals surface area (Å²) in [7, 11) is 0. The third-order valence-corrected chi connectivity index (χ3v) is 6.58. The Kier molecular flexibility index (Phi) is 11.6. The second kappa shape index (κ2) is 14.9. The lowest BCUT2D eigenvalue weighted by Gasteiger charge is -2.30. The average molecular weight is 604 g/mol. The number of benzene rings is 1. The van der Waals surface area contributed by atoms with Crippen molar-refractivity contribution >= 4 is 40.5 Å². The van der Waals surface area contributed by atoms with Gasteiger partial charge in [0.05, 0.1) is 19.5 Å². The lowest BCUT2D eigenvalue weighted by molar-refractivity contribution is -0.195. The number of aliphatic hydroxyl groups excluding tert-OH is 2. The number of carbonyl (C=O) groups is 2. The molecule has 42 heavy (non-hydrogen) atoms. The van der Waals surface area contributed by atoms with Crippen molar-refractivity contribution in [1.29, 1.82) is 0 Å². The number of aliphatic carboxylic acids is 2. The summed E-state index contributed by atoms with van der Waals surface area (Å²) in [5.41, 5.74) is -1.72. The molecule has 0 fully saturated rings. The van der Waals surface area contributed by atoms with E-state index < -0.39 is 55.6 Å². The maximum Gasteiger partial charge on any atom is 0.348 e. The van der Waals surface area contributed by atoms with Crippen LogP contribution in [0.1, 0.15) is 38.5 Å². The maximum absolute atomic E-state index is 12.2. The van der Waals surface area contributed by atoms with Crippen molar-refractivity contribution in [1.82, 2.24) is 19.5 Å². The van der Waals surface area contributed by atoms with E-state index in [0.717, 1.165) is 12.8 Å². The molecule has 0 spiro atoms. The van der Waals surface area contributed by atoms with Crippen molar-refractivity contribution in [3.63, 3.8) is 0 Å². The number of ether oxygens (including phenoxy) is 2. The van der Waals surface area contributed by atoms with Gasteiger partial charge in [0.2, 0.25) is 5.28 Å². The molecule has 3 aromatic rings. The van der Waals surface area contributed by atoms with Crippen LogP contribution in [0.15, 0.2) is 36.7 Å². The third-order valence-electron chi connectivity index (χ3n) is 6.42. The zero-order valence-corrected chi connectivity index (χ0v) is 24.0. The van der Waals surface area contributed by atoms with E-state index in [4.69, 9.17) is 27.5 Å². The number of hydrogen-bond acceptors (Lipinski definition) is 10. The van der Waals surface area contributed by atoms with Crippen molar-refractivity contribution in [3.05, 3.63) is 47.5 Å². The molecule has 0 radical (unpaired) electrons. The average Bonchev–Trinajstić information content (AvgIpc) is 3.39. The Balaban J connectivity index is 1.95. The molecule has 0 aliphatic rings. The lowest BCUT2D eigenvalue weighted by Crippen LogP contribution is -2.52. The molecule has 0 unspecified atom stereocenters. The summed E-state index contributed by atoms with van der Waals surface area (Å²) in [6, 6.07) is 8.10. The van der Waals surface area contributed by atoms with Gasteiger partial charge >= 0.3 is 11.9 Å². The Bertz CT molecular complexity index is 1380. The standard InChI is InChI=1S/C28H34ClN5O8/c1-4-12-33(13-5-2)22-21-23(32-27(29)31-22)34(17-30-21)24(20(36)6-3)42-19(15-35)16-41-28(25(37)38,26(39)40)14-18-10-8-7-9-11-18/h3,7-11,17,19-20,24,35-36H,4-5,12-16H2,1-2H3,(H,37,38)(H,39,40)/t19-,20+,24+/m0/s1. The van der Waals surface area contributed by atoms with Crippen molar-refractivity contribution < 1.29 is 39.5 Å². The number of nitrogens with zero attached hydrogens (tertiary/aromatic N) is 5.